The van der Waals surface area contributed by atoms with Crippen LogP contribution in [0.2, 0.25) is 0 Å². The molecule has 4 aliphatic rings. The predicted octanol–water partition coefficient (Wildman–Crippen LogP) is 4.87. The third kappa shape index (κ3) is 10.8. The number of aliphatic hydroxyl groups is 1. The third-order valence-corrected chi connectivity index (χ3v) is 9.14. The lowest BCUT2D eigenvalue weighted by molar-refractivity contribution is -0.353. The van der Waals surface area contributed by atoms with Crippen LogP contribution in [0.25, 0.3) is 0 Å². The zero-order valence-electron chi connectivity index (χ0n) is 29.3. The molecule has 12 atom stereocenters. The number of aliphatic hydroxyl groups excluding tert-OH is 1. The Hall–Kier alpha value is -1.48. The molecule has 1 N–H and O–H groups in total. The zero-order chi connectivity index (χ0) is 34.1. The molecule has 0 unspecified atom stereocenters. The second-order valence-corrected chi connectivity index (χ2v) is 13.7. The lowest BCUT2D eigenvalue weighted by atomic mass is 9.97. The Balaban J connectivity index is 1.34. The highest BCUT2D eigenvalue weighted by Crippen LogP contribution is 2.40. The summed E-state index contributed by atoms with van der Waals surface area (Å²) < 4.78 is 54.8. The van der Waals surface area contributed by atoms with Gasteiger partial charge in [0.25, 0.3) is 0 Å². The Morgan fingerprint density at radius 3 is 2.04 bits per heavy atom. The van der Waals surface area contributed by atoms with Crippen molar-refractivity contribution in [2.24, 2.45) is 0 Å². The van der Waals surface area contributed by atoms with Crippen LogP contribution in [0.15, 0.2) is 12.2 Å². The van der Waals surface area contributed by atoms with Gasteiger partial charge in [-0.1, -0.05) is 64.7 Å². The quantitative estimate of drug-likeness (QED) is 0.167. The van der Waals surface area contributed by atoms with Crippen LogP contribution < -0.4 is 0 Å². The van der Waals surface area contributed by atoms with Gasteiger partial charge in [-0.05, 0) is 53.2 Å². The number of carbonyl (C=O) groups excluding carboxylic acids is 2. The van der Waals surface area contributed by atoms with E-state index in [9.17, 15) is 14.7 Å². The maximum atomic E-state index is 12.0. The van der Waals surface area contributed by atoms with Gasteiger partial charge in [-0.2, -0.15) is 0 Å². The van der Waals surface area contributed by atoms with Crippen molar-refractivity contribution in [3.05, 3.63) is 12.2 Å². The molecule has 3 saturated heterocycles. The van der Waals surface area contributed by atoms with Crippen molar-refractivity contribution >= 4 is 11.8 Å². The van der Waals surface area contributed by atoms with Gasteiger partial charge in [0.1, 0.15) is 36.6 Å². The SMILES string of the molecule is CCCCCCCCCCCCO[C@@H]1O[C@@H](C)[C@H](O[C@@H]2O[C@@H](C)[C@H](OC(C)=O)[C@@H](O[C@H]3C=CC(=O)[C@H](C)O3)[C@H]2O)[C@H]2OC(C)(C)O[C@@H]12. The predicted molar refractivity (Wildman–Crippen MR) is 170 cm³/mol. The molecule has 3 fully saturated rings. The van der Waals surface area contributed by atoms with Gasteiger partial charge in [0.2, 0.25) is 0 Å². The molecule has 0 aromatic carbocycles. The van der Waals surface area contributed by atoms with Crippen LogP contribution in [0.4, 0.5) is 0 Å². The van der Waals surface area contributed by atoms with E-state index in [-0.39, 0.29) is 5.78 Å². The maximum Gasteiger partial charge on any atom is 0.303 e. The summed E-state index contributed by atoms with van der Waals surface area (Å²) in [7, 11) is 0. The molecular formula is C35H58O12. The number of fused-ring (bicyclic) bond motifs is 1. The van der Waals surface area contributed by atoms with E-state index >= 15 is 0 Å². The smallest absolute Gasteiger partial charge is 0.303 e. The van der Waals surface area contributed by atoms with Crippen molar-refractivity contribution in [3.63, 3.8) is 0 Å². The van der Waals surface area contributed by atoms with Crippen molar-refractivity contribution < 1.29 is 57.3 Å². The minimum Gasteiger partial charge on any atom is -0.457 e. The fourth-order valence-electron chi connectivity index (χ4n) is 6.65. The lowest BCUT2D eigenvalue weighted by Crippen LogP contribution is -2.64. The molecule has 0 aromatic rings. The topological polar surface area (TPSA) is 137 Å². The molecule has 0 spiro atoms. The summed E-state index contributed by atoms with van der Waals surface area (Å²) in [6, 6.07) is 0. The van der Waals surface area contributed by atoms with Crippen LogP contribution in [0.3, 0.4) is 0 Å². The molecule has 0 saturated carbocycles. The second kappa shape index (κ2) is 18.0. The molecule has 0 aromatic heterocycles. The Kier molecular flexibility index (Phi) is 14.6. The van der Waals surface area contributed by atoms with Crippen molar-refractivity contribution in [2.45, 2.75) is 192 Å². The minimum atomic E-state index is -1.40. The Morgan fingerprint density at radius 1 is 0.809 bits per heavy atom. The summed E-state index contributed by atoms with van der Waals surface area (Å²) in [5, 5.41) is 11.5. The van der Waals surface area contributed by atoms with Gasteiger partial charge in [0.15, 0.2) is 36.5 Å². The van der Waals surface area contributed by atoms with Gasteiger partial charge in [-0.15, -0.1) is 0 Å². The molecule has 0 aliphatic carbocycles. The van der Waals surface area contributed by atoms with Gasteiger partial charge in [-0.25, -0.2) is 0 Å². The molecule has 270 valence electrons. The van der Waals surface area contributed by atoms with Gasteiger partial charge >= 0.3 is 5.97 Å². The van der Waals surface area contributed by atoms with Crippen molar-refractivity contribution in [3.8, 4) is 0 Å². The van der Waals surface area contributed by atoms with Gasteiger partial charge in [0, 0.05) is 13.5 Å². The normalized spacial score (nSPS) is 38.3. The van der Waals surface area contributed by atoms with E-state index in [1.807, 2.05) is 20.8 Å². The molecular weight excluding hydrogens is 612 g/mol. The summed E-state index contributed by atoms with van der Waals surface area (Å²) in [5.74, 6) is -1.67. The monoisotopic (exact) mass is 670 g/mol. The number of rotatable bonds is 17. The van der Waals surface area contributed by atoms with E-state index in [0.29, 0.717) is 6.61 Å². The number of ketones is 1. The van der Waals surface area contributed by atoms with Crippen LogP contribution in [-0.4, -0.2) is 103 Å². The van der Waals surface area contributed by atoms with E-state index in [4.69, 9.17) is 42.6 Å². The standard InChI is InChI=1S/C35H58O12/c1-8-9-10-11-12-13-14-15-16-17-20-39-34-32-31(46-35(6,7)47-32)29(23(4)42-34)45-33-27(38)30(28(22(3)41-33)43-24(5)36)44-26-19-18-25(37)21(2)40-26/h18-19,21-23,26-34,38H,8-17,20H2,1-7H3/t21-,22-,23-,26-,27+,28-,29-,30-,31+,32+,33-,34+/m0/s1. The fraction of sp³-hybridized carbons (Fsp3) is 0.886. The first-order chi connectivity index (χ1) is 22.4. The zero-order valence-corrected chi connectivity index (χ0v) is 29.3. The van der Waals surface area contributed by atoms with E-state index in [2.05, 4.69) is 6.92 Å². The number of carbonyl (C=O) groups is 2. The number of hydrogen-bond acceptors (Lipinski definition) is 12. The number of hydrogen-bond donors (Lipinski definition) is 1. The third-order valence-electron chi connectivity index (χ3n) is 9.14. The molecule has 4 aliphatic heterocycles. The number of unbranched alkanes of at least 4 members (excludes halogenated alkanes) is 9. The number of ether oxygens (including phenoxy) is 9. The fourth-order valence-corrected chi connectivity index (χ4v) is 6.65. The van der Waals surface area contributed by atoms with E-state index in [1.54, 1.807) is 13.8 Å². The highest BCUT2D eigenvalue weighted by molar-refractivity contribution is 5.93. The maximum absolute atomic E-state index is 12.0. The first-order valence-electron chi connectivity index (χ1n) is 17.7. The summed E-state index contributed by atoms with van der Waals surface area (Å²) in [5.41, 5.74) is 0. The first-order valence-corrected chi connectivity index (χ1v) is 17.7. The van der Waals surface area contributed by atoms with Crippen LogP contribution >= 0.6 is 0 Å². The lowest BCUT2D eigenvalue weighted by Gasteiger charge is -2.47. The van der Waals surface area contributed by atoms with E-state index < -0.39 is 85.6 Å². The van der Waals surface area contributed by atoms with E-state index in [1.165, 1.54) is 70.4 Å². The summed E-state index contributed by atoms with van der Waals surface area (Å²) >= 11 is 0. The Bertz CT molecular complexity index is 1020. The highest BCUT2D eigenvalue weighted by atomic mass is 16.8. The summed E-state index contributed by atoms with van der Waals surface area (Å²) in [6.07, 6.45) is 5.21. The molecule has 0 radical (unpaired) electrons. The molecule has 0 amide bonds. The molecule has 4 rings (SSSR count). The van der Waals surface area contributed by atoms with Crippen molar-refractivity contribution in [1.29, 1.82) is 0 Å². The summed E-state index contributed by atoms with van der Waals surface area (Å²) in [4.78, 5) is 23.9. The highest BCUT2D eigenvalue weighted by Gasteiger charge is 2.57. The first kappa shape index (κ1) is 38.3. The second-order valence-electron chi connectivity index (χ2n) is 13.7. The largest absolute Gasteiger partial charge is 0.457 e. The average molecular weight is 671 g/mol. The van der Waals surface area contributed by atoms with Crippen LogP contribution in [0.1, 0.15) is 113 Å². The van der Waals surface area contributed by atoms with Gasteiger partial charge in [0.05, 0.1) is 12.2 Å². The van der Waals surface area contributed by atoms with Crippen LogP contribution in [0.5, 0.6) is 0 Å². The minimum absolute atomic E-state index is 0.197. The Morgan fingerprint density at radius 2 is 1.40 bits per heavy atom. The molecule has 47 heavy (non-hydrogen) atoms. The summed E-state index contributed by atoms with van der Waals surface area (Å²) in [6.45, 7) is 12.9. The molecule has 4 heterocycles. The van der Waals surface area contributed by atoms with Crippen LogP contribution in [0, 0.1) is 0 Å². The Labute approximate surface area is 280 Å². The molecule has 0 bridgehead atoms. The average Bonchev–Trinajstić information content (AvgIpc) is 3.34. The molecule has 12 nitrogen and oxygen atoms in total. The van der Waals surface area contributed by atoms with Gasteiger partial charge in [-0.3, -0.25) is 9.59 Å². The van der Waals surface area contributed by atoms with Crippen molar-refractivity contribution in [1.82, 2.24) is 0 Å². The molecule has 12 heteroatoms. The van der Waals surface area contributed by atoms with Crippen LogP contribution in [-0.2, 0) is 52.2 Å². The number of esters is 1. The van der Waals surface area contributed by atoms with Gasteiger partial charge < -0.3 is 47.7 Å². The van der Waals surface area contributed by atoms with Crippen molar-refractivity contribution in [2.75, 3.05) is 6.61 Å². The van der Waals surface area contributed by atoms with E-state index in [0.717, 1.165) is 12.8 Å².